The minimum absolute atomic E-state index is 0.240. The van der Waals surface area contributed by atoms with Crippen molar-refractivity contribution in [3.8, 4) is 0 Å². The molecule has 1 aliphatic heterocycles. The first-order valence-electron chi connectivity index (χ1n) is 7.12. The van der Waals surface area contributed by atoms with Crippen LogP contribution < -0.4 is 10.0 Å². The molecule has 0 saturated carbocycles. The maximum Gasteiger partial charge on any atom is 0.244 e. The minimum atomic E-state index is -3.63. The van der Waals surface area contributed by atoms with Crippen LogP contribution >= 0.6 is 0 Å². The van der Waals surface area contributed by atoms with Gasteiger partial charge in [-0.25, -0.2) is 13.1 Å². The summed E-state index contributed by atoms with van der Waals surface area (Å²) in [5.74, 6) is 0. The first-order valence-corrected chi connectivity index (χ1v) is 8.61. The summed E-state index contributed by atoms with van der Waals surface area (Å²) in [6.45, 7) is 8.96. The van der Waals surface area contributed by atoms with Crippen molar-refractivity contribution in [3.63, 3.8) is 0 Å². The molecule has 2 rings (SSSR count). The molecule has 0 aromatic carbocycles. The van der Waals surface area contributed by atoms with Crippen LogP contribution in [0.5, 0.6) is 0 Å². The van der Waals surface area contributed by atoms with Crippen molar-refractivity contribution >= 4 is 10.0 Å². The van der Waals surface area contributed by atoms with Crippen LogP contribution in [-0.4, -0.2) is 43.4 Å². The molecule has 7 nitrogen and oxygen atoms in total. The van der Waals surface area contributed by atoms with Crippen LogP contribution in [0, 0.1) is 6.92 Å². The van der Waals surface area contributed by atoms with E-state index in [9.17, 15) is 8.42 Å². The van der Waals surface area contributed by atoms with Gasteiger partial charge in [0.15, 0.2) is 0 Å². The second kappa shape index (κ2) is 6.04. The molecule has 0 spiro atoms. The molecule has 1 unspecified atom stereocenters. The maximum atomic E-state index is 12.7. The molecule has 8 heteroatoms. The molecule has 1 fully saturated rings. The van der Waals surface area contributed by atoms with Crippen LogP contribution in [0.1, 0.15) is 38.6 Å². The van der Waals surface area contributed by atoms with Crippen LogP contribution in [0.2, 0.25) is 0 Å². The first kappa shape index (κ1) is 16.4. The van der Waals surface area contributed by atoms with Gasteiger partial charge in [-0.3, -0.25) is 5.10 Å². The Labute approximate surface area is 125 Å². The van der Waals surface area contributed by atoms with Crippen molar-refractivity contribution in [2.45, 2.75) is 57.1 Å². The summed E-state index contributed by atoms with van der Waals surface area (Å²) in [6.07, 6.45) is 0.669. The first-order chi connectivity index (χ1) is 9.73. The number of aromatic amines is 1. The Morgan fingerprint density at radius 2 is 2.19 bits per heavy atom. The van der Waals surface area contributed by atoms with Gasteiger partial charge in [-0.2, -0.15) is 5.10 Å². The molecule has 1 saturated heterocycles. The van der Waals surface area contributed by atoms with Crippen molar-refractivity contribution in [3.05, 3.63) is 11.4 Å². The van der Waals surface area contributed by atoms with E-state index in [0.29, 0.717) is 37.6 Å². The van der Waals surface area contributed by atoms with Crippen LogP contribution in [0.3, 0.4) is 0 Å². The molecular weight excluding hydrogens is 292 g/mol. The third-order valence-corrected chi connectivity index (χ3v) is 5.35. The standard InChI is InChI=1S/C13H24N4O3S/c1-9(2)14-7-11-12(10(3)15-16-11)21(18,19)17-13(4)5-6-20-8-13/h9,14,17H,5-8H2,1-4H3,(H,15,16). The van der Waals surface area contributed by atoms with Gasteiger partial charge in [0.2, 0.25) is 10.0 Å². The maximum absolute atomic E-state index is 12.7. The van der Waals surface area contributed by atoms with Crippen LogP contribution in [-0.2, 0) is 21.3 Å². The van der Waals surface area contributed by atoms with E-state index in [1.165, 1.54) is 0 Å². The van der Waals surface area contributed by atoms with E-state index in [0.717, 1.165) is 0 Å². The number of rotatable bonds is 6. The predicted molar refractivity (Wildman–Crippen MR) is 79.5 cm³/mol. The van der Waals surface area contributed by atoms with Gasteiger partial charge in [-0.1, -0.05) is 13.8 Å². The lowest BCUT2D eigenvalue weighted by atomic mass is 10.0. The van der Waals surface area contributed by atoms with Crippen molar-refractivity contribution in [2.75, 3.05) is 13.2 Å². The van der Waals surface area contributed by atoms with Gasteiger partial charge in [0.05, 0.1) is 23.5 Å². The Morgan fingerprint density at radius 1 is 1.48 bits per heavy atom. The Kier molecular flexibility index (Phi) is 4.72. The highest BCUT2D eigenvalue weighted by Crippen LogP contribution is 2.24. The highest BCUT2D eigenvalue weighted by Gasteiger charge is 2.36. The normalized spacial score (nSPS) is 23.1. The molecule has 0 bridgehead atoms. The number of hydrogen-bond donors (Lipinski definition) is 3. The molecule has 1 atom stereocenters. The van der Waals surface area contributed by atoms with E-state index >= 15 is 0 Å². The molecular formula is C13H24N4O3S. The van der Waals surface area contributed by atoms with Gasteiger partial charge in [0.1, 0.15) is 4.90 Å². The predicted octanol–water partition coefficient (Wildman–Crippen LogP) is 0.673. The topological polar surface area (TPSA) is 96.1 Å². The van der Waals surface area contributed by atoms with Crippen molar-refractivity contribution in [1.29, 1.82) is 0 Å². The van der Waals surface area contributed by atoms with Gasteiger partial charge in [-0.15, -0.1) is 0 Å². The second-order valence-electron chi connectivity index (χ2n) is 6.13. The fourth-order valence-corrected chi connectivity index (χ4v) is 4.16. The van der Waals surface area contributed by atoms with Crippen molar-refractivity contribution in [2.24, 2.45) is 0 Å². The Bertz CT molecular complexity index is 589. The number of sulfonamides is 1. The fourth-order valence-electron chi connectivity index (χ4n) is 2.37. The molecule has 0 aliphatic carbocycles. The molecule has 120 valence electrons. The average molecular weight is 316 g/mol. The summed E-state index contributed by atoms with van der Waals surface area (Å²) < 4.78 is 33.4. The largest absolute Gasteiger partial charge is 0.379 e. The highest BCUT2D eigenvalue weighted by molar-refractivity contribution is 7.89. The number of ether oxygens (including phenoxy) is 1. The van der Waals surface area contributed by atoms with E-state index < -0.39 is 15.6 Å². The second-order valence-corrected chi connectivity index (χ2v) is 7.75. The summed E-state index contributed by atoms with van der Waals surface area (Å²) in [7, 11) is -3.63. The van der Waals surface area contributed by atoms with E-state index in [1.54, 1.807) is 6.92 Å². The molecule has 2 heterocycles. The zero-order valence-electron chi connectivity index (χ0n) is 13.0. The van der Waals surface area contributed by atoms with Crippen LogP contribution in [0.15, 0.2) is 4.90 Å². The molecule has 3 N–H and O–H groups in total. The number of aromatic nitrogens is 2. The van der Waals surface area contributed by atoms with E-state index in [1.807, 2.05) is 20.8 Å². The summed E-state index contributed by atoms with van der Waals surface area (Å²) in [5.41, 5.74) is 0.507. The average Bonchev–Trinajstić information content (AvgIpc) is 2.92. The zero-order valence-corrected chi connectivity index (χ0v) is 13.8. The monoisotopic (exact) mass is 316 g/mol. The number of aryl methyl sites for hydroxylation is 1. The van der Waals surface area contributed by atoms with Gasteiger partial charge >= 0.3 is 0 Å². The number of hydrogen-bond acceptors (Lipinski definition) is 5. The molecule has 0 amide bonds. The molecule has 1 aromatic heterocycles. The zero-order chi connectivity index (χ0) is 15.7. The Balaban J connectivity index is 2.25. The molecule has 1 aromatic rings. The number of H-pyrrole nitrogens is 1. The van der Waals surface area contributed by atoms with Crippen LogP contribution in [0.25, 0.3) is 0 Å². The Hall–Kier alpha value is -0.960. The highest BCUT2D eigenvalue weighted by atomic mass is 32.2. The summed E-state index contributed by atoms with van der Waals surface area (Å²) in [6, 6.07) is 0.256. The Morgan fingerprint density at radius 3 is 2.76 bits per heavy atom. The lowest BCUT2D eigenvalue weighted by Crippen LogP contribution is -2.46. The van der Waals surface area contributed by atoms with Gasteiger partial charge in [0, 0.05) is 19.2 Å². The van der Waals surface area contributed by atoms with E-state index in [4.69, 9.17) is 4.74 Å². The van der Waals surface area contributed by atoms with Gasteiger partial charge in [0.25, 0.3) is 0 Å². The van der Waals surface area contributed by atoms with Crippen LogP contribution in [0.4, 0.5) is 0 Å². The molecule has 0 radical (unpaired) electrons. The minimum Gasteiger partial charge on any atom is -0.379 e. The number of nitrogens with one attached hydrogen (secondary N) is 3. The van der Waals surface area contributed by atoms with Crippen molar-refractivity contribution in [1.82, 2.24) is 20.2 Å². The SMILES string of the molecule is Cc1[nH]nc(CNC(C)C)c1S(=O)(=O)NC1(C)CCOC1. The van der Waals surface area contributed by atoms with E-state index in [2.05, 4.69) is 20.2 Å². The fraction of sp³-hybridized carbons (Fsp3) is 0.769. The molecule has 21 heavy (non-hydrogen) atoms. The summed E-state index contributed by atoms with van der Waals surface area (Å²) >= 11 is 0. The number of nitrogens with zero attached hydrogens (tertiary/aromatic N) is 1. The lowest BCUT2D eigenvalue weighted by Gasteiger charge is -2.23. The van der Waals surface area contributed by atoms with Crippen molar-refractivity contribution < 1.29 is 13.2 Å². The molecule has 1 aliphatic rings. The quantitative estimate of drug-likeness (QED) is 0.717. The smallest absolute Gasteiger partial charge is 0.244 e. The van der Waals surface area contributed by atoms with Gasteiger partial charge < -0.3 is 10.1 Å². The van der Waals surface area contributed by atoms with Gasteiger partial charge in [-0.05, 0) is 20.3 Å². The third kappa shape index (κ3) is 3.82. The summed E-state index contributed by atoms with van der Waals surface area (Å²) in [5, 5.41) is 10.1. The third-order valence-electron chi connectivity index (χ3n) is 3.51. The van der Waals surface area contributed by atoms with E-state index in [-0.39, 0.29) is 10.9 Å². The lowest BCUT2D eigenvalue weighted by molar-refractivity contribution is 0.178. The summed E-state index contributed by atoms with van der Waals surface area (Å²) in [4.78, 5) is 0.240.